The third-order valence-electron chi connectivity index (χ3n) is 6.48. The highest BCUT2D eigenvalue weighted by atomic mass is 32.2. The first-order chi connectivity index (χ1) is 17.4. The molecule has 10 heteroatoms. The summed E-state index contributed by atoms with van der Waals surface area (Å²) in [6.07, 6.45) is -1.61. The van der Waals surface area contributed by atoms with Crippen molar-refractivity contribution in [2.75, 3.05) is 7.11 Å². The van der Waals surface area contributed by atoms with Crippen LogP contribution in [0.15, 0.2) is 71.6 Å². The molecule has 0 amide bonds. The lowest BCUT2D eigenvalue weighted by Gasteiger charge is -2.36. The molecule has 0 saturated carbocycles. The number of allylic oxidation sites excluding steroid dienone is 1. The third kappa shape index (κ3) is 6.23. The molecule has 0 bridgehead atoms. The highest BCUT2D eigenvalue weighted by molar-refractivity contribution is 7.93. The molecule has 0 fully saturated rings. The summed E-state index contributed by atoms with van der Waals surface area (Å²) in [6, 6.07) is 11.5. The maximum atomic E-state index is 14.1. The minimum atomic E-state index is -4.66. The number of hydrogen-bond donors (Lipinski definition) is 0. The fraction of sp³-hybridized carbons (Fsp3) is 0.407. The SMILES string of the molecule is CCCC[C@@H](OC(=O)c1cccc(C(F)(F)F)c1)[C@]1(S(=O)(=O)c2ccccc2)C=C[C@@H](CC(=O)OC)C1. The first kappa shape index (κ1) is 28.4. The zero-order valence-corrected chi connectivity index (χ0v) is 21.3. The van der Waals surface area contributed by atoms with E-state index in [0.29, 0.717) is 18.9 Å². The zero-order chi connectivity index (χ0) is 27.3. The molecule has 0 unspecified atom stereocenters. The van der Waals surface area contributed by atoms with Crippen molar-refractivity contribution in [1.82, 2.24) is 0 Å². The molecule has 3 rings (SSSR count). The highest BCUT2D eigenvalue weighted by Crippen LogP contribution is 2.45. The minimum absolute atomic E-state index is 0.00924. The van der Waals surface area contributed by atoms with Crippen molar-refractivity contribution in [2.24, 2.45) is 5.92 Å². The summed E-state index contributed by atoms with van der Waals surface area (Å²) in [5.74, 6) is -2.07. The Bertz CT molecular complexity index is 1240. The Kier molecular flexibility index (Phi) is 8.84. The van der Waals surface area contributed by atoms with Gasteiger partial charge in [0.05, 0.1) is 29.6 Å². The minimum Gasteiger partial charge on any atom is -0.469 e. The van der Waals surface area contributed by atoms with Crippen LogP contribution in [0.1, 0.15) is 54.9 Å². The van der Waals surface area contributed by atoms with Crippen molar-refractivity contribution in [2.45, 2.75) is 61.0 Å². The maximum absolute atomic E-state index is 14.1. The van der Waals surface area contributed by atoms with Crippen LogP contribution >= 0.6 is 0 Å². The van der Waals surface area contributed by atoms with Gasteiger partial charge in [-0.05, 0) is 55.5 Å². The molecular formula is C27H29F3O6S. The van der Waals surface area contributed by atoms with Gasteiger partial charge in [-0.25, -0.2) is 13.2 Å². The van der Waals surface area contributed by atoms with Crippen molar-refractivity contribution in [3.05, 3.63) is 77.9 Å². The van der Waals surface area contributed by atoms with Crippen molar-refractivity contribution < 1.29 is 40.7 Å². The normalized spacial score (nSPS) is 20.4. The van der Waals surface area contributed by atoms with Crippen LogP contribution in [-0.4, -0.2) is 38.3 Å². The van der Waals surface area contributed by atoms with Crippen molar-refractivity contribution >= 4 is 21.8 Å². The van der Waals surface area contributed by atoms with E-state index in [1.807, 2.05) is 6.92 Å². The number of unbranched alkanes of at least 4 members (excludes halogenated alkanes) is 1. The van der Waals surface area contributed by atoms with Gasteiger partial charge in [0, 0.05) is 0 Å². The Labute approximate surface area is 214 Å². The second kappa shape index (κ2) is 11.5. The van der Waals surface area contributed by atoms with Gasteiger partial charge in [0.15, 0.2) is 9.84 Å². The summed E-state index contributed by atoms with van der Waals surface area (Å²) in [6.45, 7) is 1.88. The van der Waals surface area contributed by atoms with Crippen LogP contribution in [-0.2, 0) is 30.3 Å². The molecule has 1 aliphatic rings. The van der Waals surface area contributed by atoms with Gasteiger partial charge in [0.25, 0.3) is 0 Å². The number of methoxy groups -OCH3 is 1. The number of rotatable bonds is 10. The first-order valence-electron chi connectivity index (χ1n) is 11.9. The number of esters is 2. The molecule has 37 heavy (non-hydrogen) atoms. The molecule has 0 N–H and O–H groups in total. The highest BCUT2D eigenvalue weighted by Gasteiger charge is 2.54. The molecule has 200 valence electrons. The second-order valence-electron chi connectivity index (χ2n) is 8.99. The summed E-state index contributed by atoms with van der Waals surface area (Å²) in [5, 5.41) is 0. The molecule has 3 atom stereocenters. The third-order valence-corrected chi connectivity index (χ3v) is 8.94. The van der Waals surface area contributed by atoms with Gasteiger partial charge in [-0.3, -0.25) is 4.79 Å². The van der Waals surface area contributed by atoms with Gasteiger partial charge < -0.3 is 9.47 Å². The molecule has 6 nitrogen and oxygen atoms in total. The quantitative estimate of drug-likeness (QED) is 0.282. The van der Waals surface area contributed by atoms with Gasteiger partial charge in [0.1, 0.15) is 10.9 Å². The lowest BCUT2D eigenvalue weighted by Crippen LogP contribution is -2.49. The van der Waals surface area contributed by atoms with E-state index in [1.165, 1.54) is 31.4 Å². The monoisotopic (exact) mass is 538 g/mol. The number of hydrogen-bond acceptors (Lipinski definition) is 6. The Balaban J connectivity index is 2.05. The number of carbonyl (C=O) groups is 2. The van der Waals surface area contributed by atoms with Crippen LogP contribution in [0.4, 0.5) is 13.2 Å². The van der Waals surface area contributed by atoms with Crippen molar-refractivity contribution in [3.63, 3.8) is 0 Å². The molecule has 2 aromatic rings. The summed E-state index contributed by atoms with van der Waals surface area (Å²) in [7, 11) is -2.93. The van der Waals surface area contributed by atoms with Crippen LogP contribution < -0.4 is 0 Å². The molecule has 0 spiro atoms. The van der Waals surface area contributed by atoms with Gasteiger partial charge >= 0.3 is 18.1 Å². The Hall–Kier alpha value is -3.14. The van der Waals surface area contributed by atoms with Crippen molar-refractivity contribution in [3.8, 4) is 0 Å². The van der Waals surface area contributed by atoms with E-state index < -0.39 is 50.3 Å². The van der Waals surface area contributed by atoms with E-state index in [0.717, 1.165) is 12.1 Å². The molecule has 0 aliphatic heterocycles. The summed E-state index contributed by atoms with van der Waals surface area (Å²) in [5.41, 5.74) is -1.35. The van der Waals surface area contributed by atoms with Crippen LogP contribution in [0.2, 0.25) is 0 Å². The summed E-state index contributed by atoms with van der Waals surface area (Å²) < 4.78 is 76.5. The average Bonchev–Trinajstić information content (AvgIpc) is 3.31. The fourth-order valence-corrected chi connectivity index (χ4v) is 6.68. The predicted octanol–water partition coefficient (Wildman–Crippen LogP) is 5.77. The smallest absolute Gasteiger partial charge is 0.416 e. The molecule has 1 aliphatic carbocycles. The van der Waals surface area contributed by atoms with Gasteiger partial charge in [-0.1, -0.05) is 49.8 Å². The van der Waals surface area contributed by atoms with Crippen LogP contribution in [0, 0.1) is 5.92 Å². The van der Waals surface area contributed by atoms with Crippen LogP contribution in [0.5, 0.6) is 0 Å². The molecule has 0 aromatic heterocycles. The van der Waals surface area contributed by atoms with Gasteiger partial charge in [-0.15, -0.1) is 0 Å². The largest absolute Gasteiger partial charge is 0.469 e. The van der Waals surface area contributed by atoms with E-state index in [2.05, 4.69) is 0 Å². The average molecular weight is 539 g/mol. The van der Waals surface area contributed by atoms with Crippen LogP contribution in [0.3, 0.4) is 0 Å². The maximum Gasteiger partial charge on any atom is 0.416 e. The number of halogens is 3. The van der Waals surface area contributed by atoms with E-state index >= 15 is 0 Å². The number of alkyl halides is 3. The van der Waals surface area contributed by atoms with E-state index in [-0.39, 0.29) is 29.7 Å². The van der Waals surface area contributed by atoms with E-state index in [1.54, 1.807) is 24.3 Å². The molecule has 0 saturated heterocycles. The predicted molar refractivity (Wildman–Crippen MR) is 130 cm³/mol. The number of carbonyl (C=O) groups excluding carboxylic acids is 2. The fourth-order valence-electron chi connectivity index (χ4n) is 4.52. The summed E-state index contributed by atoms with van der Waals surface area (Å²) >= 11 is 0. The number of benzene rings is 2. The summed E-state index contributed by atoms with van der Waals surface area (Å²) in [4.78, 5) is 25.0. The molecule has 0 radical (unpaired) electrons. The standard InChI is InChI=1S/C27H29F3O6S/c1-3-4-13-23(36-25(32)20-9-8-10-21(17-20)27(28,29)30)26(15-14-19(18-26)16-24(31)35-2)37(33,34)22-11-6-5-7-12-22/h5-12,14-15,17,19,23H,3-4,13,16,18H2,1-2H3/t19-,23+,26-/m0/s1. The Morgan fingerprint density at radius 1 is 1.11 bits per heavy atom. The topological polar surface area (TPSA) is 86.7 Å². The van der Waals surface area contributed by atoms with E-state index in [9.17, 15) is 31.2 Å². The number of ether oxygens (including phenoxy) is 2. The Morgan fingerprint density at radius 2 is 1.81 bits per heavy atom. The lowest BCUT2D eigenvalue weighted by molar-refractivity contribution is -0.141. The zero-order valence-electron chi connectivity index (χ0n) is 20.5. The first-order valence-corrected chi connectivity index (χ1v) is 13.4. The lowest BCUT2D eigenvalue weighted by atomic mass is 9.92. The number of sulfone groups is 1. The van der Waals surface area contributed by atoms with Gasteiger partial charge in [0.2, 0.25) is 0 Å². The van der Waals surface area contributed by atoms with Crippen LogP contribution in [0.25, 0.3) is 0 Å². The van der Waals surface area contributed by atoms with Crippen molar-refractivity contribution in [1.29, 1.82) is 0 Å². The van der Waals surface area contributed by atoms with E-state index in [4.69, 9.17) is 9.47 Å². The van der Waals surface area contributed by atoms with Gasteiger partial charge in [-0.2, -0.15) is 13.2 Å². The molecule has 0 heterocycles. The second-order valence-corrected chi connectivity index (χ2v) is 11.2. The Morgan fingerprint density at radius 3 is 2.43 bits per heavy atom. The molecule has 2 aromatic carbocycles. The molecular weight excluding hydrogens is 509 g/mol.